The summed E-state index contributed by atoms with van der Waals surface area (Å²) in [5.74, 6) is 0. The van der Waals surface area contributed by atoms with Gasteiger partial charge in [0.25, 0.3) is 11.1 Å². The van der Waals surface area contributed by atoms with Crippen molar-refractivity contribution in [3.8, 4) is 11.4 Å². The van der Waals surface area contributed by atoms with Crippen LogP contribution in [0.25, 0.3) is 11.4 Å². The van der Waals surface area contributed by atoms with Crippen molar-refractivity contribution in [2.75, 3.05) is 5.73 Å². The lowest BCUT2D eigenvalue weighted by atomic mass is 10.0. The van der Waals surface area contributed by atoms with Gasteiger partial charge in [0.1, 0.15) is 0 Å². The number of benzene rings is 2. The Morgan fingerprint density at radius 1 is 0.500 bits per heavy atom. The summed E-state index contributed by atoms with van der Waals surface area (Å²) >= 11 is 0. The Morgan fingerprint density at radius 3 is 1.32 bits per heavy atom. The number of hydrogen-bond acceptors (Lipinski definition) is 5. The molecular formula is C29H35N5O4. The molecule has 0 fully saturated rings. The van der Waals surface area contributed by atoms with E-state index in [1.54, 1.807) is 34.0 Å². The molecular weight excluding hydrogens is 482 g/mol. The predicted molar refractivity (Wildman–Crippen MR) is 152 cm³/mol. The Bertz CT molecular complexity index is 1670. The number of anilines is 1. The Kier molecular flexibility index (Phi) is 7.81. The maximum atomic E-state index is 12.3. The van der Waals surface area contributed by atoms with Crippen molar-refractivity contribution in [2.45, 2.75) is 48.5 Å². The summed E-state index contributed by atoms with van der Waals surface area (Å²) in [6.45, 7) is 13.1. The number of aryl methyl sites for hydroxylation is 7. The topological polar surface area (TPSA) is 114 Å². The average Bonchev–Trinajstić information content (AvgIpc) is 2.83. The number of nitrogens with zero attached hydrogens (tertiary/aromatic N) is 4. The number of aromatic nitrogens is 4. The van der Waals surface area contributed by atoms with E-state index in [-0.39, 0.29) is 22.5 Å². The van der Waals surface area contributed by atoms with E-state index < -0.39 is 0 Å². The van der Waals surface area contributed by atoms with Gasteiger partial charge in [0.05, 0.1) is 11.4 Å². The van der Waals surface area contributed by atoms with Crippen molar-refractivity contribution >= 4 is 5.69 Å². The largest absolute Gasteiger partial charge is 0.398 e. The van der Waals surface area contributed by atoms with E-state index in [1.807, 2.05) is 52.8 Å². The molecule has 0 aliphatic heterocycles. The second kappa shape index (κ2) is 10.5. The van der Waals surface area contributed by atoms with E-state index in [2.05, 4.69) is 0 Å². The molecule has 2 aromatic carbocycles. The van der Waals surface area contributed by atoms with Gasteiger partial charge in [-0.05, 0) is 88.4 Å². The smallest absolute Gasteiger partial charge is 0.335 e. The van der Waals surface area contributed by atoms with Gasteiger partial charge in [0, 0.05) is 43.3 Å². The van der Waals surface area contributed by atoms with E-state index in [0.717, 1.165) is 32.4 Å². The Morgan fingerprint density at radius 2 is 0.868 bits per heavy atom. The molecule has 4 aromatic rings. The molecule has 0 aliphatic rings. The second-order valence-corrected chi connectivity index (χ2v) is 9.82. The lowest BCUT2D eigenvalue weighted by Gasteiger charge is -2.13. The highest BCUT2D eigenvalue weighted by Gasteiger charge is 2.13. The first-order chi connectivity index (χ1) is 17.6. The van der Waals surface area contributed by atoms with Gasteiger partial charge in [-0.1, -0.05) is 12.1 Å². The molecule has 9 nitrogen and oxygen atoms in total. The average molecular weight is 518 g/mol. The number of nitrogens with two attached hydrogens (primary N) is 1. The van der Waals surface area contributed by atoms with Crippen LogP contribution in [0.15, 0.2) is 55.6 Å². The molecule has 0 atom stereocenters. The maximum absolute atomic E-state index is 12.3. The third-order valence-corrected chi connectivity index (χ3v) is 7.00. The molecule has 0 saturated carbocycles. The fourth-order valence-corrected chi connectivity index (χ4v) is 4.20. The SMILES string of the molecule is Cc1cc(C)c(-n2c(=O)cc(C)n(C)c2=O)cc1C.Cc1cc(C)c(-n2c(=O)cc(C)n(C)c2=O)cc1N. The second-order valence-electron chi connectivity index (χ2n) is 9.82. The molecule has 0 spiro atoms. The van der Waals surface area contributed by atoms with E-state index in [4.69, 9.17) is 5.73 Å². The number of rotatable bonds is 2. The molecule has 0 aliphatic carbocycles. The first-order valence-corrected chi connectivity index (χ1v) is 12.2. The first kappa shape index (κ1) is 28.2. The highest BCUT2D eigenvalue weighted by molar-refractivity contribution is 5.57. The van der Waals surface area contributed by atoms with Crippen LogP contribution in [0.4, 0.5) is 5.69 Å². The van der Waals surface area contributed by atoms with E-state index in [9.17, 15) is 19.2 Å². The van der Waals surface area contributed by atoms with Gasteiger partial charge >= 0.3 is 11.4 Å². The molecule has 0 unspecified atom stereocenters. The van der Waals surface area contributed by atoms with Crippen LogP contribution in [-0.4, -0.2) is 18.3 Å². The summed E-state index contributed by atoms with van der Waals surface area (Å²) in [5, 5.41) is 0. The molecule has 0 saturated heterocycles. The Labute approximate surface area is 221 Å². The molecule has 4 rings (SSSR count). The molecule has 0 amide bonds. The van der Waals surface area contributed by atoms with Crippen LogP contribution in [0.5, 0.6) is 0 Å². The summed E-state index contributed by atoms with van der Waals surface area (Å²) in [4.78, 5) is 48.7. The van der Waals surface area contributed by atoms with Crippen LogP contribution >= 0.6 is 0 Å². The van der Waals surface area contributed by atoms with Gasteiger partial charge in [-0.25, -0.2) is 18.7 Å². The zero-order valence-corrected chi connectivity index (χ0v) is 23.5. The highest BCUT2D eigenvalue weighted by Crippen LogP contribution is 2.19. The fraction of sp³-hybridized carbons (Fsp3) is 0.310. The summed E-state index contributed by atoms with van der Waals surface area (Å²) in [7, 11) is 3.31. The van der Waals surface area contributed by atoms with Gasteiger partial charge in [-0.15, -0.1) is 0 Å². The summed E-state index contributed by atoms with van der Waals surface area (Å²) in [6, 6.07) is 10.4. The van der Waals surface area contributed by atoms with E-state index in [1.165, 1.54) is 25.8 Å². The van der Waals surface area contributed by atoms with Crippen LogP contribution in [0.3, 0.4) is 0 Å². The molecule has 2 N–H and O–H groups in total. The van der Waals surface area contributed by atoms with Gasteiger partial charge in [0.15, 0.2) is 0 Å². The minimum Gasteiger partial charge on any atom is -0.398 e. The lowest BCUT2D eigenvalue weighted by Crippen LogP contribution is -2.38. The van der Waals surface area contributed by atoms with Crippen molar-refractivity contribution in [2.24, 2.45) is 14.1 Å². The van der Waals surface area contributed by atoms with Gasteiger partial charge in [-0.3, -0.25) is 9.59 Å². The zero-order chi connectivity index (χ0) is 28.6. The monoisotopic (exact) mass is 517 g/mol. The van der Waals surface area contributed by atoms with Gasteiger partial charge in [0.2, 0.25) is 0 Å². The Balaban J connectivity index is 0.000000211. The van der Waals surface area contributed by atoms with Gasteiger partial charge in [-0.2, -0.15) is 0 Å². The van der Waals surface area contributed by atoms with E-state index in [0.29, 0.717) is 28.5 Å². The molecule has 0 radical (unpaired) electrons. The summed E-state index contributed by atoms with van der Waals surface area (Å²) in [5.41, 5.74) is 12.5. The highest BCUT2D eigenvalue weighted by atomic mass is 16.2. The minimum absolute atomic E-state index is 0.285. The summed E-state index contributed by atoms with van der Waals surface area (Å²) in [6.07, 6.45) is 0. The van der Waals surface area contributed by atoms with Crippen molar-refractivity contribution in [3.05, 3.63) is 117 Å². The molecule has 38 heavy (non-hydrogen) atoms. The standard InChI is InChI=1S/C15H18N2O2.C14H17N3O2/c1-9-6-11(3)13(7-10(9)2)17-14(18)8-12(4)16(5)15(17)19;1-8-5-9(2)12(7-11(8)15)17-13(18)6-10(3)16(4)14(17)19/h6-8H,1-5H3;5-7H,15H2,1-4H3. The molecule has 2 heterocycles. The molecule has 200 valence electrons. The quantitative estimate of drug-likeness (QED) is 0.411. The van der Waals surface area contributed by atoms with Crippen LogP contribution in [0, 0.1) is 48.5 Å². The molecule has 2 aromatic heterocycles. The lowest BCUT2D eigenvalue weighted by molar-refractivity contribution is 0.711. The normalized spacial score (nSPS) is 10.8. The predicted octanol–water partition coefficient (Wildman–Crippen LogP) is 2.81. The minimum atomic E-state index is -0.364. The zero-order valence-electron chi connectivity index (χ0n) is 23.5. The molecule has 0 bridgehead atoms. The van der Waals surface area contributed by atoms with Crippen molar-refractivity contribution in [3.63, 3.8) is 0 Å². The van der Waals surface area contributed by atoms with Crippen LogP contribution in [-0.2, 0) is 14.1 Å². The van der Waals surface area contributed by atoms with Crippen LogP contribution in [0.2, 0.25) is 0 Å². The Hall–Kier alpha value is -4.40. The van der Waals surface area contributed by atoms with Crippen molar-refractivity contribution in [1.82, 2.24) is 18.3 Å². The molecule has 9 heteroatoms. The van der Waals surface area contributed by atoms with Crippen LogP contribution in [0.1, 0.15) is 39.2 Å². The van der Waals surface area contributed by atoms with Crippen LogP contribution < -0.4 is 28.2 Å². The van der Waals surface area contributed by atoms with E-state index >= 15 is 0 Å². The van der Waals surface area contributed by atoms with Gasteiger partial charge < -0.3 is 14.9 Å². The first-order valence-electron chi connectivity index (χ1n) is 12.2. The third kappa shape index (κ3) is 5.18. The summed E-state index contributed by atoms with van der Waals surface area (Å²) < 4.78 is 5.31. The maximum Gasteiger partial charge on any atom is 0.335 e. The van der Waals surface area contributed by atoms with Crippen molar-refractivity contribution < 1.29 is 0 Å². The number of nitrogen functional groups attached to an aromatic ring is 1. The van der Waals surface area contributed by atoms with Crippen molar-refractivity contribution in [1.29, 1.82) is 0 Å². The third-order valence-electron chi connectivity index (χ3n) is 7.00. The number of hydrogen-bond donors (Lipinski definition) is 1. The fourth-order valence-electron chi connectivity index (χ4n) is 4.20.